The molecule has 0 radical (unpaired) electrons. The van der Waals surface area contributed by atoms with Gasteiger partial charge in [0.1, 0.15) is 6.04 Å². The molecule has 2 aromatic rings. The molecule has 2 aromatic heterocycles. The van der Waals surface area contributed by atoms with Crippen LogP contribution in [0.4, 0.5) is 5.82 Å². The maximum absolute atomic E-state index is 12.5. The molecule has 8 nitrogen and oxygen atoms in total. The van der Waals surface area contributed by atoms with E-state index in [1.54, 1.807) is 12.4 Å². The maximum Gasteiger partial charge on any atom is 0.245 e. The van der Waals surface area contributed by atoms with Gasteiger partial charge in [-0.2, -0.15) is 0 Å². The highest BCUT2D eigenvalue weighted by Crippen LogP contribution is 2.19. The normalized spacial score (nSPS) is 20.2. The highest BCUT2D eigenvalue weighted by molar-refractivity contribution is 5.90. The molecule has 4 heterocycles. The summed E-state index contributed by atoms with van der Waals surface area (Å²) < 4.78 is 0. The van der Waals surface area contributed by atoms with Crippen LogP contribution in [0.3, 0.4) is 0 Å². The van der Waals surface area contributed by atoms with Gasteiger partial charge in [0, 0.05) is 50.6 Å². The van der Waals surface area contributed by atoms with Gasteiger partial charge in [-0.25, -0.2) is 0 Å². The van der Waals surface area contributed by atoms with Gasteiger partial charge in [0.05, 0.1) is 5.69 Å². The molecule has 0 aromatic carbocycles. The van der Waals surface area contributed by atoms with Crippen molar-refractivity contribution >= 4 is 17.6 Å². The lowest BCUT2D eigenvalue weighted by Gasteiger charge is -2.36. The lowest BCUT2D eigenvalue weighted by atomic mass is 10.2. The predicted molar refractivity (Wildman–Crippen MR) is 95.2 cm³/mol. The average Bonchev–Trinajstić information content (AvgIpc) is 3.15. The molecule has 0 aliphatic carbocycles. The average molecular weight is 352 g/mol. The lowest BCUT2D eigenvalue weighted by Crippen LogP contribution is -2.53. The van der Waals surface area contributed by atoms with Crippen molar-refractivity contribution in [2.75, 3.05) is 31.1 Å². The number of pyridine rings is 1. The Morgan fingerprint density at radius 2 is 1.81 bits per heavy atom. The zero-order chi connectivity index (χ0) is 17.9. The lowest BCUT2D eigenvalue weighted by molar-refractivity contribution is -0.134. The van der Waals surface area contributed by atoms with Gasteiger partial charge in [0.25, 0.3) is 0 Å². The Labute approximate surface area is 151 Å². The van der Waals surface area contributed by atoms with Crippen molar-refractivity contribution in [3.63, 3.8) is 0 Å². The van der Waals surface area contributed by atoms with Crippen LogP contribution >= 0.6 is 0 Å². The Morgan fingerprint density at radius 3 is 2.42 bits per heavy atom. The maximum atomic E-state index is 12.5. The molecule has 26 heavy (non-hydrogen) atoms. The van der Waals surface area contributed by atoms with Gasteiger partial charge >= 0.3 is 0 Å². The third kappa shape index (κ3) is 3.35. The largest absolute Gasteiger partial charge is 0.352 e. The number of carbonyl (C=O) groups is 2. The van der Waals surface area contributed by atoms with Crippen LogP contribution < -0.4 is 10.2 Å². The second-order valence-corrected chi connectivity index (χ2v) is 6.48. The summed E-state index contributed by atoms with van der Waals surface area (Å²) in [5, 5.41) is 11.4. The van der Waals surface area contributed by atoms with Crippen molar-refractivity contribution in [1.29, 1.82) is 0 Å². The van der Waals surface area contributed by atoms with Crippen LogP contribution in [-0.2, 0) is 9.59 Å². The van der Waals surface area contributed by atoms with Crippen molar-refractivity contribution in [3.05, 3.63) is 36.7 Å². The van der Waals surface area contributed by atoms with E-state index in [1.165, 1.54) is 0 Å². The quantitative estimate of drug-likeness (QED) is 0.863. The van der Waals surface area contributed by atoms with Gasteiger partial charge in [-0.15, -0.1) is 10.2 Å². The number of nitrogens with zero attached hydrogens (tertiary/aromatic N) is 5. The number of anilines is 1. The molecule has 0 spiro atoms. The number of rotatable bonds is 3. The molecule has 1 atom stereocenters. The molecule has 2 aliphatic heterocycles. The fourth-order valence-corrected chi connectivity index (χ4v) is 3.35. The standard InChI is InChI=1S/C18H20N6O2/c25-17-4-2-15(20-17)18(26)24-11-9-23(10-12-24)16-3-1-14(21-22-16)13-5-7-19-8-6-13/h1,3,5-8,15H,2,4,9-12H2,(H,20,25). The minimum absolute atomic E-state index is 0.0228. The molecule has 2 fully saturated rings. The molecular weight excluding hydrogens is 332 g/mol. The third-order valence-corrected chi connectivity index (χ3v) is 4.84. The number of aromatic nitrogens is 3. The minimum Gasteiger partial charge on any atom is -0.352 e. The molecule has 1 unspecified atom stereocenters. The first kappa shape index (κ1) is 16.4. The third-order valence-electron chi connectivity index (χ3n) is 4.84. The SMILES string of the molecule is O=C1CCC(C(=O)N2CCN(c3ccc(-c4ccncc4)nn3)CC2)N1. The van der Waals surface area contributed by atoms with Crippen LogP contribution in [0.2, 0.25) is 0 Å². The van der Waals surface area contributed by atoms with E-state index in [0.29, 0.717) is 39.0 Å². The molecule has 0 saturated carbocycles. The summed E-state index contributed by atoms with van der Waals surface area (Å²) in [4.78, 5) is 31.7. The van der Waals surface area contributed by atoms with E-state index in [4.69, 9.17) is 0 Å². The van der Waals surface area contributed by atoms with Crippen LogP contribution in [0, 0.1) is 0 Å². The first-order valence-electron chi connectivity index (χ1n) is 8.78. The number of hydrogen-bond donors (Lipinski definition) is 1. The molecule has 4 rings (SSSR count). The van der Waals surface area contributed by atoms with Crippen LogP contribution in [0.5, 0.6) is 0 Å². The summed E-state index contributed by atoms with van der Waals surface area (Å²) in [5.74, 6) is 0.797. The van der Waals surface area contributed by atoms with Crippen molar-refractivity contribution in [2.24, 2.45) is 0 Å². The van der Waals surface area contributed by atoms with Gasteiger partial charge in [-0.05, 0) is 30.7 Å². The fourth-order valence-electron chi connectivity index (χ4n) is 3.35. The smallest absolute Gasteiger partial charge is 0.245 e. The first-order chi connectivity index (χ1) is 12.7. The van der Waals surface area contributed by atoms with E-state index in [-0.39, 0.29) is 17.9 Å². The molecule has 2 aliphatic rings. The molecular formula is C18H20N6O2. The Balaban J connectivity index is 1.36. The number of amides is 2. The summed E-state index contributed by atoms with van der Waals surface area (Å²) >= 11 is 0. The highest BCUT2D eigenvalue weighted by atomic mass is 16.2. The van der Waals surface area contributed by atoms with Crippen LogP contribution in [0.1, 0.15) is 12.8 Å². The Kier molecular flexibility index (Phi) is 4.47. The number of nitrogens with one attached hydrogen (secondary N) is 1. The van der Waals surface area contributed by atoms with Gasteiger partial charge in [-0.3, -0.25) is 14.6 Å². The van der Waals surface area contributed by atoms with Gasteiger partial charge in [0.2, 0.25) is 11.8 Å². The second kappa shape index (κ2) is 7.07. The summed E-state index contributed by atoms with van der Waals surface area (Å²) in [5.41, 5.74) is 1.79. The van der Waals surface area contributed by atoms with Crippen LogP contribution in [0.25, 0.3) is 11.3 Å². The van der Waals surface area contributed by atoms with Crippen molar-refractivity contribution in [1.82, 2.24) is 25.4 Å². The van der Waals surface area contributed by atoms with E-state index in [0.717, 1.165) is 17.1 Å². The van der Waals surface area contributed by atoms with Gasteiger partial charge < -0.3 is 15.1 Å². The summed E-state index contributed by atoms with van der Waals surface area (Å²) in [7, 11) is 0. The van der Waals surface area contributed by atoms with Crippen molar-refractivity contribution in [2.45, 2.75) is 18.9 Å². The molecule has 8 heteroatoms. The van der Waals surface area contributed by atoms with E-state index in [9.17, 15) is 9.59 Å². The van der Waals surface area contributed by atoms with Crippen molar-refractivity contribution in [3.8, 4) is 11.3 Å². The molecule has 2 saturated heterocycles. The molecule has 1 N–H and O–H groups in total. The topological polar surface area (TPSA) is 91.3 Å². The second-order valence-electron chi connectivity index (χ2n) is 6.48. The molecule has 0 bridgehead atoms. The van der Waals surface area contributed by atoms with E-state index in [2.05, 4.69) is 25.4 Å². The molecule has 2 amide bonds. The van der Waals surface area contributed by atoms with E-state index >= 15 is 0 Å². The Hall–Kier alpha value is -3.03. The van der Waals surface area contributed by atoms with E-state index in [1.807, 2.05) is 29.2 Å². The predicted octanol–water partition coefficient (Wildman–Crippen LogP) is 0.466. The van der Waals surface area contributed by atoms with E-state index < -0.39 is 0 Å². The monoisotopic (exact) mass is 352 g/mol. The van der Waals surface area contributed by atoms with Gasteiger partial charge in [-0.1, -0.05) is 0 Å². The minimum atomic E-state index is -0.353. The number of piperazine rings is 1. The Bertz CT molecular complexity index is 787. The van der Waals surface area contributed by atoms with Crippen LogP contribution in [-0.4, -0.2) is 64.1 Å². The zero-order valence-corrected chi connectivity index (χ0v) is 14.3. The number of carbonyl (C=O) groups excluding carboxylic acids is 2. The van der Waals surface area contributed by atoms with Gasteiger partial charge in [0.15, 0.2) is 5.82 Å². The summed E-state index contributed by atoms with van der Waals surface area (Å²) in [6.07, 6.45) is 4.50. The van der Waals surface area contributed by atoms with Crippen LogP contribution in [0.15, 0.2) is 36.7 Å². The molecule has 134 valence electrons. The highest BCUT2D eigenvalue weighted by Gasteiger charge is 2.32. The summed E-state index contributed by atoms with van der Waals surface area (Å²) in [6.45, 7) is 2.66. The first-order valence-corrected chi connectivity index (χ1v) is 8.78. The fraction of sp³-hybridized carbons (Fsp3) is 0.389. The zero-order valence-electron chi connectivity index (χ0n) is 14.3. The van der Waals surface area contributed by atoms with Crippen molar-refractivity contribution < 1.29 is 9.59 Å². The Morgan fingerprint density at radius 1 is 1.04 bits per heavy atom. The number of hydrogen-bond acceptors (Lipinski definition) is 6. The summed E-state index contributed by atoms with van der Waals surface area (Å²) in [6, 6.07) is 7.35.